The van der Waals surface area contributed by atoms with Gasteiger partial charge in [0.25, 0.3) is 0 Å². The maximum absolute atomic E-state index is 14.2. The van der Waals surface area contributed by atoms with E-state index in [2.05, 4.69) is 16.4 Å². The van der Waals surface area contributed by atoms with Crippen molar-refractivity contribution in [3.05, 3.63) is 53.7 Å². The molecule has 1 aromatic heterocycles. The number of likely N-dealkylation sites (tertiary alicyclic amines) is 1. The lowest BCUT2D eigenvalue weighted by molar-refractivity contribution is -0.139. The molecule has 0 bridgehead atoms. The molecular weight excluding hydrogens is 478 g/mol. The summed E-state index contributed by atoms with van der Waals surface area (Å²) in [6.45, 7) is 0.691. The topological polar surface area (TPSA) is 109 Å². The van der Waals surface area contributed by atoms with Crippen molar-refractivity contribution in [1.29, 1.82) is 0 Å². The number of rotatable bonds is 8. The number of nitrogens with one attached hydrogen (secondary N) is 1. The zero-order valence-corrected chi connectivity index (χ0v) is 22.3. The van der Waals surface area contributed by atoms with Crippen LogP contribution in [0.2, 0.25) is 0 Å². The summed E-state index contributed by atoms with van der Waals surface area (Å²) in [4.78, 5) is 47.5. The summed E-state index contributed by atoms with van der Waals surface area (Å²) in [6, 6.07) is 11.3. The molecule has 3 N–H and O–H groups in total. The number of hydrogen-bond acceptors (Lipinski definition) is 5. The number of carbonyl (C=O) groups is 3. The first-order valence-corrected chi connectivity index (χ1v) is 14.1. The third-order valence-corrected chi connectivity index (χ3v) is 8.73. The number of fused-ring (bicyclic) bond motifs is 1. The number of nitrogens with two attached hydrogens (primary N) is 1. The summed E-state index contributed by atoms with van der Waals surface area (Å²) in [7, 11) is 1.73. The zero-order chi connectivity index (χ0) is 26.6. The minimum absolute atomic E-state index is 0.0367. The third-order valence-electron chi connectivity index (χ3n) is 8.73. The molecule has 2 aromatic rings. The summed E-state index contributed by atoms with van der Waals surface area (Å²) >= 11 is 0. The van der Waals surface area contributed by atoms with E-state index < -0.39 is 11.9 Å². The van der Waals surface area contributed by atoms with Crippen LogP contribution in [0.4, 0.5) is 11.5 Å². The van der Waals surface area contributed by atoms with Crippen molar-refractivity contribution < 1.29 is 14.4 Å². The van der Waals surface area contributed by atoms with Crippen LogP contribution < -0.4 is 16.0 Å². The van der Waals surface area contributed by atoms with E-state index in [1.165, 1.54) is 6.42 Å². The predicted octanol–water partition coefficient (Wildman–Crippen LogP) is 4.02. The number of anilines is 2. The van der Waals surface area contributed by atoms with Crippen LogP contribution in [0.3, 0.4) is 0 Å². The molecule has 0 spiro atoms. The Morgan fingerprint density at radius 2 is 1.87 bits per heavy atom. The second-order valence-corrected chi connectivity index (χ2v) is 11.0. The van der Waals surface area contributed by atoms with E-state index in [4.69, 9.17) is 5.73 Å². The van der Waals surface area contributed by atoms with Crippen molar-refractivity contribution in [1.82, 2.24) is 15.2 Å². The number of aromatic nitrogens is 1. The standard InChI is InChI=1S/C30H39N5O3/c1-32-24(29(31)37)19-23(20-8-3-2-4-9-20)30(38)34-17-7-12-25(34)22-15-16-33-27(18-22)35-26-11-6-5-10-21(26)13-14-28(35)36/h5-6,10-11,15-16,18,20,23-25,32H,2-4,7-9,12-14,17,19H2,1H3,(H2,31,37). The molecule has 3 heterocycles. The number of benzene rings is 1. The SMILES string of the molecule is CNC(CC(C(=O)N1CCCC1c1ccnc(N2C(=O)CCc3ccccc32)c1)C1CCCCC1)C(N)=O. The smallest absolute Gasteiger partial charge is 0.234 e. The van der Waals surface area contributed by atoms with Crippen molar-refractivity contribution in [2.24, 2.45) is 17.6 Å². The van der Waals surface area contributed by atoms with Gasteiger partial charge in [-0.25, -0.2) is 4.98 Å². The van der Waals surface area contributed by atoms with E-state index in [9.17, 15) is 14.4 Å². The molecule has 8 heteroatoms. The van der Waals surface area contributed by atoms with Gasteiger partial charge < -0.3 is 16.0 Å². The molecule has 1 saturated carbocycles. The number of pyridine rings is 1. The molecule has 2 fully saturated rings. The van der Waals surface area contributed by atoms with Crippen molar-refractivity contribution >= 4 is 29.2 Å². The van der Waals surface area contributed by atoms with Gasteiger partial charge in [0.2, 0.25) is 17.7 Å². The molecule has 5 rings (SSSR count). The number of primary amides is 1. The van der Waals surface area contributed by atoms with Gasteiger partial charge in [-0.05, 0) is 80.8 Å². The molecule has 8 nitrogen and oxygen atoms in total. The van der Waals surface area contributed by atoms with Gasteiger partial charge in [0.15, 0.2) is 0 Å². The van der Waals surface area contributed by atoms with E-state index >= 15 is 0 Å². The molecule has 3 aliphatic rings. The number of nitrogens with zero attached hydrogens (tertiary/aromatic N) is 3. The van der Waals surface area contributed by atoms with Crippen LogP contribution in [0.15, 0.2) is 42.6 Å². The Morgan fingerprint density at radius 1 is 1.08 bits per heavy atom. The van der Waals surface area contributed by atoms with Crippen LogP contribution in [0.25, 0.3) is 0 Å². The van der Waals surface area contributed by atoms with Crippen LogP contribution in [0, 0.1) is 11.8 Å². The fraction of sp³-hybridized carbons (Fsp3) is 0.533. The van der Waals surface area contributed by atoms with E-state index in [0.717, 1.165) is 61.8 Å². The minimum atomic E-state index is -0.523. The highest BCUT2D eigenvalue weighted by atomic mass is 16.2. The molecule has 3 atom stereocenters. The molecule has 202 valence electrons. The van der Waals surface area contributed by atoms with Gasteiger partial charge in [0, 0.05) is 25.1 Å². The van der Waals surface area contributed by atoms with Gasteiger partial charge in [-0.15, -0.1) is 0 Å². The lowest BCUT2D eigenvalue weighted by atomic mass is 9.76. The summed E-state index contributed by atoms with van der Waals surface area (Å²) in [6.07, 6.45) is 10.6. The van der Waals surface area contributed by atoms with Gasteiger partial charge in [-0.1, -0.05) is 37.5 Å². The third kappa shape index (κ3) is 5.32. The molecule has 38 heavy (non-hydrogen) atoms. The molecule has 3 unspecified atom stereocenters. The fourth-order valence-corrected chi connectivity index (χ4v) is 6.69. The molecule has 1 aliphatic carbocycles. The van der Waals surface area contributed by atoms with Gasteiger partial charge in [0.1, 0.15) is 5.82 Å². The van der Waals surface area contributed by atoms with E-state index in [-0.39, 0.29) is 29.7 Å². The van der Waals surface area contributed by atoms with E-state index in [1.807, 2.05) is 35.2 Å². The van der Waals surface area contributed by atoms with Crippen LogP contribution >= 0.6 is 0 Å². The highest BCUT2D eigenvalue weighted by molar-refractivity contribution is 6.02. The Hall–Kier alpha value is -3.26. The molecule has 0 radical (unpaired) electrons. The van der Waals surface area contributed by atoms with Crippen LogP contribution in [0.5, 0.6) is 0 Å². The minimum Gasteiger partial charge on any atom is -0.368 e. The van der Waals surface area contributed by atoms with Crippen molar-refractivity contribution in [3.8, 4) is 0 Å². The predicted molar refractivity (Wildman–Crippen MR) is 147 cm³/mol. The number of aryl methyl sites for hydroxylation is 1. The highest BCUT2D eigenvalue weighted by Crippen LogP contribution is 2.40. The number of amides is 3. The van der Waals surface area contributed by atoms with Crippen molar-refractivity contribution in [3.63, 3.8) is 0 Å². The lowest BCUT2D eigenvalue weighted by Gasteiger charge is -2.36. The average Bonchev–Trinajstić information content (AvgIpc) is 3.44. The zero-order valence-electron chi connectivity index (χ0n) is 22.3. The van der Waals surface area contributed by atoms with Crippen molar-refractivity contribution in [2.75, 3.05) is 18.5 Å². The Balaban J connectivity index is 1.42. The Bertz CT molecular complexity index is 1180. The number of likely N-dealkylation sites (N-methyl/N-ethyl adjacent to an activating group) is 1. The summed E-state index contributed by atoms with van der Waals surface area (Å²) < 4.78 is 0. The maximum Gasteiger partial charge on any atom is 0.234 e. The quantitative estimate of drug-likeness (QED) is 0.550. The van der Waals surface area contributed by atoms with Crippen LogP contribution in [-0.2, 0) is 20.8 Å². The Kier molecular flexibility index (Phi) is 8.07. The number of hydrogen-bond donors (Lipinski definition) is 2. The van der Waals surface area contributed by atoms with Crippen LogP contribution in [-0.4, -0.2) is 47.2 Å². The Morgan fingerprint density at radius 3 is 2.63 bits per heavy atom. The molecule has 2 aliphatic heterocycles. The second-order valence-electron chi connectivity index (χ2n) is 11.0. The van der Waals surface area contributed by atoms with Gasteiger partial charge in [-0.2, -0.15) is 0 Å². The summed E-state index contributed by atoms with van der Waals surface area (Å²) in [5.41, 5.74) is 8.69. The number of para-hydroxylation sites is 1. The first-order valence-electron chi connectivity index (χ1n) is 14.1. The lowest BCUT2D eigenvalue weighted by Crippen LogP contribution is -2.46. The maximum atomic E-state index is 14.2. The summed E-state index contributed by atoms with van der Waals surface area (Å²) in [5, 5.41) is 3.02. The molecular formula is C30H39N5O3. The molecule has 3 amide bonds. The van der Waals surface area contributed by atoms with Gasteiger partial charge >= 0.3 is 0 Å². The van der Waals surface area contributed by atoms with Gasteiger partial charge in [-0.3, -0.25) is 19.3 Å². The monoisotopic (exact) mass is 517 g/mol. The van der Waals surface area contributed by atoms with Crippen molar-refractivity contribution in [2.45, 2.75) is 76.3 Å². The Labute approximate surface area is 225 Å². The fourth-order valence-electron chi connectivity index (χ4n) is 6.69. The second kappa shape index (κ2) is 11.6. The normalized spacial score (nSPS) is 21.7. The van der Waals surface area contributed by atoms with Crippen LogP contribution in [0.1, 0.15) is 75.0 Å². The first kappa shape index (κ1) is 26.4. The highest BCUT2D eigenvalue weighted by Gasteiger charge is 2.39. The molecule has 1 aromatic carbocycles. The average molecular weight is 518 g/mol. The van der Waals surface area contributed by atoms with E-state index in [0.29, 0.717) is 25.2 Å². The molecule has 1 saturated heterocycles. The first-order chi connectivity index (χ1) is 18.5. The largest absolute Gasteiger partial charge is 0.368 e. The summed E-state index contributed by atoms with van der Waals surface area (Å²) in [5.74, 6) is 0.380. The van der Waals surface area contributed by atoms with E-state index in [1.54, 1.807) is 18.1 Å². The van der Waals surface area contributed by atoms with Gasteiger partial charge in [0.05, 0.1) is 17.8 Å². The number of carbonyl (C=O) groups excluding carboxylic acids is 3.